The van der Waals surface area contributed by atoms with Gasteiger partial charge in [0.05, 0.1) is 24.8 Å². The number of hydrogen-bond acceptors (Lipinski definition) is 4. The fourth-order valence-corrected chi connectivity index (χ4v) is 3.42. The SMILES string of the molecule is COc1ccccc1-c1nc(CCNC(=O)Cc2ccccc2)cs1. The standard InChI is InChI=1S/C20H20N2O2S/c1-24-18-10-6-5-9-17(18)20-22-16(14-25-20)11-12-21-19(23)13-15-7-3-2-4-8-15/h2-10,14H,11-13H2,1H3,(H,21,23). The van der Waals surface area contributed by atoms with E-state index in [0.717, 1.165) is 27.6 Å². The molecular weight excluding hydrogens is 332 g/mol. The van der Waals surface area contributed by atoms with Gasteiger partial charge in [0.1, 0.15) is 10.8 Å². The van der Waals surface area contributed by atoms with Crippen LogP contribution < -0.4 is 10.1 Å². The Hall–Kier alpha value is -2.66. The number of amides is 1. The van der Waals surface area contributed by atoms with E-state index in [-0.39, 0.29) is 5.91 Å². The smallest absolute Gasteiger partial charge is 0.224 e. The summed E-state index contributed by atoms with van der Waals surface area (Å²) in [5, 5.41) is 5.92. The molecule has 0 aliphatic rings. The van der Waals surface area contributed by atoms with Crippen LogP contribution in [-0.2, 0) is 17.6 Å². The molecule has 1 N–H and O–H groups in total. The van der Waals surface area contributed by atoms with E-state index < -0.39 is 0 Å². The van der Waals surface area contributed by atoms with Crippen LogP contribution in [0.2, 0.25) is 0 Å². The van der Waals surface area contributed by atoms with Gasteiger partial charge in [0.15, 0.2) is 0 Å². The van der Waals surface area contributed by atoms with E-state index in [1.54, 1.807) is 18.4 Å². The van der Waals surface area contributed by atoms with Crippen molar-refractivity contribution in [3.05, 3.63) is 71.2 Å². The first-order chi connectivity index (χ1) is 12.3. The minimum absolute atomic E-state index is 0.0337. The Morgan fingerprint density at radius 2 is 1.88 bits per heavy atom. The predicted octanol–water partition coefficient (Wildman–Crippen LogP) is 3.72. The summed E-state index contributed by atoms with van der Waals surface area (Å²) < 4.78 is 5.39. The molecule has 3 aromatic rings. The number of aromatic nitrogens is 1. The molecule has 2 aromatic carbocycles. The molecule has 25 heavy (non-hydrogen) atoms. The van der Waals surface area contributed by atoms with Crippen molar-refractivity contribution in [3.63, 3.8) is 0 Å². The molecule has 1 heterocycles. The second kappa shape index (κ2) is 8.44. The van der Waals surface area contributed by atoms with Gasteiger partial charge < -0.3 is 10.1 Å². The van der Waals surface area contributed by atoms with Gasteiger partial charge >= 0.3 is 0 Å². The molecule has 0 saturated heterocycles. The third-order valence-corrected chi connectivity index (χ3v) is 4.72. The van der Waals surface area contributed by atoms with Crippen molar-refractivity contribution in [3.8, 4) is 16.3 Å². The Morgan fingerprint density at radius 1 is 1.12 bits per heavy atom. The molecule has 0 aliphatic carbocycles. The van der Waals surface area contributed by atoms with Crippen molar-refractivity contribution < 1.29 is 9.53 Å². The molecule has 128 valence electrons. The topological polar surface area (TPSA) is 51.2 Å². The zero-order chi connectivity index (χ0) is 17.5. The first-order valence-electron chi connectivity index (χ1n) is 8.14. The summed E-state index contributed by atoms with van der Waals surface area (Å²) in [7, 11) is 1.66. The fourth-order valence-electron chi connectivity index (χ4n) is 2.54. The Balaban J connectivity index is 1.53. The minimum Gasteiger partial charge on any atom is -0.496 e. The van der Waals surface area contributed by atoms with Crippen LogP contribution in [-0.4, -0.2) is 24.5 Å². The predicted molar refractivity (Wildman–Crippen MR) is 101 cm³/mol. The molecular formula is C20H20N2O2S. The molecule has 5 heteroatoms. The summed E-state index contributed by atoms with van der Waals surface area (Å²) in [5.74, 6) is 0.853. The van der Waals surface area contributed by atoms with E-state index >= 15 is 0 Å². The molecule has 1 aromatic heterocycles. The largest absolute Gasteiger partial charge is 0.496 e. The van der Waals surface area contributed by atoms with Crippen LogP contribution in [0.25, 0.3) is 10.6 Å². The van der Waals surface area contributed by atoms with Crippen molar-refractivity contribution in [1.82, 2.24) is 10.3 Å². The number of methoxy groups -OCH3 is 1. The highest BCUT2D eigenvalue weighted by Gasteiger charge is 2.10. The first-order valence-corrected chi connectivity index (χ1v) is 9.02. The molecule has 0 unspecified atom stereocenters. The Bertz CT molecular complexity index is 830. The van der Waals surface area contributed by atoms with E-state index in [1.165, 1.54) is 0 Å². The summed E-state index contributed by atoms with van der Waals surface area (Å²) >= 11 is 1.59. The quantitative estimate of drug-likeness (QED) is 0.705. The lowest BCUT2D eigenvalue weighted by Crippen LogP contribution is -2.27. The van der Waals surface area contributed by atoms with Crippen LogP contribution in [0, 0.1) is 0 Å². The van der Waals surface area contributed by atoms with Gasteiger partial charge in [-0.25, -0.2) is 4.98 Å². The molecule has 1 amide bonds. The number of benzene rings is 2. The van der Waals surface area contributed by atoms with E-state index in [2.05, 4.69) is 10.3 Å². The van der Waals surface area contributed by atoms with Crippen LogP contribution in [0.1, 0.15) is 11.3 Å². The molecule has 0 bridgehead atoms. The van der Waals surface area contributed by atoms with Gasteiger partial charge in [0, 0.05) is 18.3 Å². The van der Waals surface area contributed by atoms with Gasteiger partial charge in [0.25, 0.3) is 0 Å². The number of nitrogens with one attached hydrogen (secondary N) is 1. The highest BCUT2D eigenvalue weighted by atomic mass is 32.1. The number of ether oxygens (including phenoxy) is 1. The Labute approximate surface area is 151 Å². The van der Waals surface area contributed by atoms with Crippen molar-refractivity contribution >= 4 is 17.2 Å². The van der Waals surface area contributed by atoms with Gasteiger partial charge in [-0.2, -0.15) is 0 Å². The average Bonchev–Trinajstić information content (AvgIpc) is 3.11. The number of nitrogens with zero attached hydrogens (tertiary/aromatic N) is 1. The maximum Gasteiger partial charge on any atom is 0.224 e. The fraction of sp³-hybridized carbons (Fsp3) is 0.200. The summed E-state index contributed by atoms with van der Waals surface area (Å²) in [6.45, 7) is 0.584. The molecule has 3 rings (SSSR count). The summed E-state index contributed by atoms with van der Waals surface area (Å²) in [4.78, 5) is 16.6. The second-order valence-corrected chi connectivity index (χ2v) is 6.46. The highest BCUT2D eigenvalue weighted by Crippen LogP contribution is 2.31. The maximum atomic E-state index is 12.0. The van der Waals surface area contributed by atoms with Gasteiger partial charge in [-0.05, 0) is 17.7 Å². The van der Waals surface area contributed by atoms with Crippen molar-refractivity contribution in [2.45, 2.75) is 12.8 Å². The lowest BCUT2D eigenvalue weighted by Gasteiger charge is -2.05. The number of rotatable bonds is 7. The molecule has 0 spiro atoms. The van der Waals surface area contributed by atoms with Crippen LogP contribution in [0.15, 0.2) is 60.0 Å². The van der Waals surface area contributed by atoms with Gasteiger partial charge in [-0.3, -0.25) is 4.79 Å². The Morgan fingerprint density at radius 3 is 2.68 bits per heavy atom. The highest BCUT2D eigenvalue weighted by molar-refractivity contribution is 7.13. The number of carbonyl (C=O) groups excluding carboxylic acids is 1. The molecule has 0 aliphatic heterocycles. The molecule has 0 saturated carbocycles. The van der Waals surface area contributed by atoms with Gasteiger partial charge in [-0.15, -0.1) is 11.3 Å². The lowest BCUT2D eigenvalue weighted by atomic mass is 10.1. The average molecular weight is 352 g/mol. The minimum atomic E-state index is 0.0337. The first kappa shape index (κ1) is 17.2. The van der Waals surface area contributed by atoms with Crippen molar-refractivity contribution in [1.29, 1.82) is 0 Å². The van der Waals surface area contributed by atoms with E-state index in [1.807, 2.05) is 60.0 Å². The van der Waals surface area contributed by atoms with E-state index in [9.17, 15) is 4.79 Å². The number of thiazole rings is 1. The van der Waals surface area contributed by atoms with Crippen molar-refractivity contribution in [2.24, 2.45) is 0 Å². The summed E-state index contributed by atoms with van der Waals surface area (Å²) in [5.41, 5.74) is 2.99. The van der Waals surface area contributed by atoms with Gasteiger partial charge in [0.2, 0.25) is 5.91 Å². The zero-order valence-corrected chi connectivity index (χ0v) is 14.9. The zero-order valence-electron chi connectivity index (χ0n) is 14.1. The van der Waals surface area contributed by atoms with Crippen molar-refractivity contribution in [2.75, 3.05) is 13.7 Å². The lowest BCUT2D eigenvalue weighted by molar-refractivity contribution is -0.120. The number of carbonyl (C=O) groups is 1. The van der Waals surface area contributed by atoms with Crippen LogP contribution in [0.4, 0.5) is 0 Å². The Kier molecular flexibility index (Phi) is 5.80. The molecule has 0 atom stereocenters. The molecule has 4 nitrogen and oxygen atoms in total. The van der Waals surface area contributed by atoms with E-state index in [0.29, 0.717) is 19.4 Å². The van der Waals surface area contributed by atoms with Crippen LogP contribution in [0.3, 0.4) is 0 Å². The van der Waals surface area contributed by atoms with Crippen LogP contribution in [0.5, 0.6) is 5.75 Å². The molecule has 0 fully saturated rings. The van der Waals surface area contributed by atoms with E-state index in [4.69, 9.17) is 4.74 Å². The third kappa shape index (κ3) is 4.67. The van der Waals surface area contributed by atoms with Gasteiger partial charge in [-0.1, -0.05) is 42.5 Å². The summed E-state index contributed by atoms with van der Waals surface area (Å²) in [6, 6.07) is 17.6. The number of hydrogen-bond donors (Lipinski definition) is 1. The van der Waals surface area contributed by atoms with Crippen LogP contribution >= 0.6 is 11.3 Å². The monoisotopic (exact) mass is 352 g/mol. The number of para-hydroxylation sites is 1. The third-order valence-electron chi connectivity index (χ3n) is 3.80. The normalized spacial score (nSPS) is 10.4. The summed E-state index contributed by atoms with van der Waals surface area (Å²) in [6.07, 6.45) is 1.12. The molecule has 0 radical (unpaired) electrons. The second-order valence-electron chi connectivity index (χ2n) is 5.61. The maximum absolute atomic E-state index is 12.0.